The zero-order valence-corrected chi connectivity index (χ0v) is 22.8. The Hall–Kier alpha value is -3.13. The molecule has 1 saturated heterocycles. The average Bonchev–Trinajstić information content (AvgIpc) is 3.36. The van der Waals surface area contributed by atoms with Crippen LogP contribution in [0.5, 0.6) is 0 Å². The fraction of sp³-hybridized carbons (Fsp3) is 0.448. The zero-order valence-electron chi connectivity index (χ0n) is 21.9. The Labute approximate surface area is 223 Å². The van der Waals surface area contributed by atoms with Crippen molar-refractivity contribution in [2.45, 2.75) is 64.6 Å². The third-order valence-electron chi connectivity index (χ3n) is 6.02. The van der Waals surface area contributed by atoms with Gasteiger partial charge in [-0.2, -0.15) is 0 Å². The van der Waals surface area contributed by atoms with Crippen LogP contribution >= 0.6 is 11.8 Å². The molecule has 0 bridgehead atoms. The van der Waals surface area contributed by atoms with Crippen LogP contribution in [-0.2, 0) is 25.5 Å². The topological polar surface area (TPSA) is 92.8 Å². The van der Waals surface area contributed by atoms with Crippen molar-refractivity contribution < 1.29 is 23.9 Å². The van der Waals surface area contributed by atoms with Crippen molar-refractivity contribution in [3.8, 4) is 0 Å². The molecule has 0 spiro atoms. The first-order chi connectivity index (χ1) is 17.5. The summed E-state index contributed by atoms with van der Waals surface area (Å²) in [5.74, 6) is -1.10. The molecule has 1 N–H and O–H groups in total. The van der Waals surface area contributed by atoms with Crippen molar-refractivity contribution in [1.82, 2.24) is 10.2 Å². The molecular formula is C29H36N2O5S. The Morgan fingerprint density at radius 1 is 1.03 bits per heavy atom. The number of carbonyl (C=O) groups is 4. The molecule has 37 heavy (non-hydrogen) atoms. The molecular weight excluding hydrogens is 488 g/mol. The van der Waals surface area contributed by atoms with Gasteiger partial charge in [-0.25, -0.2) is 4.79 Å². The van der Waals surface area contributed by atoms with Gasteiger partial charge in [-0.05, 0) is 51.3 Å². The number of carbonyl (C=O) groups excluding carboxylic acids is 4. The highest BCUT2D eigenvalue weighted by atomic mass is 32.2. The van der Waals surface area contributed by atoms with Crippen LogP contribution in [0.15, 0.2) is 60.7 Å². The van der Waals surface area contributed by atoms with E-state index in [1.807, 2.05) is 36.4 Å². The summed E-state index contributed by atoms with van der Waals surface area (Å²) in [6, 6.07) is 16.9. The number of esters is 1. The maximum absolute atomic E-state index is 13.2. The van der Waals surface area contributed by atoms with E-state index in [2.05, 4.69) is 5.32 Å². The number of hydrogen-bond donors (Lipinski definition) is 1. The first kappa shape index (κ1) is 28.4. The first-order valence-corrected chi connectivity index (χ1v) is 13.6. The standard InChI is InChI=1S/C29H36N2O5S/c1-20(26(33)31-17-11-16-24(31)27(34)36-29(2,3)4)19-37-28(35)23(18-21-12-7-5-8-13-21)30-25(32)22-14-9-6-10-15-22/h5-10,12-15,20,23-24H,11,16-19H2,1-4H3,(H,30,32)/t20?,23?,24-/m0/s1. The monoisotopic (exact) mass is 524 g/mol. The minimum absolute atomic E-state index is 0.165. The number of ether oxygens (including phenoxy) is 1. The van der Waals surface area contributed by atoms with Gasteiger partial charge in [-0.3, -0.25) is 14.4 Å². The van der Waals surface area contributed by atoms with Gasteiger partial charge in [0, 0.05) is 30.2 Å². The smallest absolute Gasteiger partial charge is 0.329 e. The van der Waals surface area contributed by atoms with Gasteiger partial charge in [0.2, 0.25) is 11.0 Å². The highest BCUT2D eigenvalue weighted by molar-refractivity contribution is 8.13. The number of thioether (sulfide) groups is 1. The molecule has 3 atom stereocenters. The van der Waals surface area contributed by atoms with E-state index < -0.39 is 23.6 Å². The molecule has 7 nitrogen and oxygen atoms in total. The number of nitrogens with one attached hydrogen (secondary N) is 1. The van der Waals surface area contributed by atoms with Gasteiger partial charge in [-0.15, -0.1) is 0 Å². The summed E-state index contributed by atoms with van der Waals surface area (Å²) in [5.41, 5.74) is 0.778. The molecule has 2 unspecified atom stereocenters. The molecule has 1 fully saturated rings. The number of nitrogens with zero attached hydrogens (tertiary/aromatic N) is 1. The second-order valence-electron chi connectivity index (χ2n) is 10.3. The minimum atomic E-state index is -0.747. The Bertz CT molecular complexity index is 1080. The van der Waals surface area contributed by atoms with Gasteiger partial charge in [0.1, 0.15) is 17.7 Å². The van der Waals surface area contributed by atoms with Gasteiger partial charge >= 0.3 is 5.97 Å². The van der Waals surface area contributed by atoms with Crippen LogP contribution in [0.1, 0.15) is 56.5 Å². The third kappa shape index (κ3) is 8.45. The largest absolute Gasteiger partial charge is 0.458 e. The lowest BCUT2D eigenvalue weighted by molar-refractivity contribution is -0.163. The second kappa shape index (κ2) is 12.9. The van der Waals surface area contributed by atoms with Gasteiger partial charge in [0.15, 0.2) is 0 Å². The van der Waals surface area contributed by atoms with E-state index in [1.165, 1.54) is 0 Å². The predicted octanol–water partition coefficient (Wildman–Crippen LogP) is 4.26. The van der Waals surface area contributed by atoms with Gasteiger partial charge < -0.3 is 15.0 Å². The van der Waals surface area contributed by atoms with Crippen molar-refractivity contribution in [3.05, 3.63) is 71.8 Å². The van der Waals surface area contributed by atoms with Crippen LogP contribution in [-0.4, -0.2) is 57.8 Å². The highest BCUT2D eigenvalue weighted by Crippen LogP contribution is 2.25. The van der Waals surface area contributed by atoms with E-state index in [4.69, 9.17) is 4.74 Å². The fourth-order valence-electron chi connectivity index (χ4n) is 4.18. The summed E-state index contributed by atoms with van der Waals surface area (Å²) in [7, 11) is 0. The van der Waals surface area contributed by atoms with Crippen molar-refractivity contribution >= 4 is 34.7 Å². The molecule has 2 amide bonds. The van der Waals surface area contributed by atoms with Gasteiger partial charge in [0.25, 0.3) is 5.91 Å². The van der Waals surface area contributed by atoms with E-state index in [9.17, 15) is 19.2 Å². The summed E-state index contributed by atoms with van der Waals surface area (Å²) >= 11 is 1.04. The summed E-state index contributed by atoms with van der Waals surface area (Å²) < 4.78 is 5.51. The van der Waals surface area contributed by atoms with E-state index in [-0.39, 0.29) is 28.7 Å². The third-order valence-corrected chi connectivity index (χ3v) is 7.26. The molecule has 198 valence electrons. The number of amides is 2. The zero-order chi connectivity index (χ0) is 27.0. The van der Waals surface area contributed by atoms with Crippen molar-refractivity contribution in [3.63, 3.8) is 0 Å². The summed E-state index contributed by atoms with van der Waals surface area (Å²) in [6.07, 6.45) is 1.66. The Kier molecular flexibility index (Phi) is 9.92. The molecule has 0 radical (unpaired) electrons. The number of rotatable bonds is 9. The molecule has 0 saturated carbocycles. The van der Waals surface area contributed by atoms with Crippen LogP contribution in [0.25, 0.3) is 0 Å². The lowest BCUT2D eigenvalue weighted by atomic mass is 10.1. The number of benzene rings is 2. The molecule has 0 aliphatic carbocycles. The molecule has 1 aliphatic heterocycles. The molecule has 8 heteroatoms. The van der Waals surface area contributed by atoms with Gasteiger partial charge in [0.05, 0.1) is 0 Å². The lowest BCUT2D eigenvalue weighted by Crippen LogP contribution is -2.46. The SMILES string of the molecule is CC(CSC(=O)C(Cc1ccccc1)NC(=O)c1ccccc1)C(=O)N1CCC[C@H]1C(=O)OC(C)(C)C. The minimum Gasteiger partial charge on any atom is -0.458 e. The van der Waals surface area contributed by atoms with E-state index >= 15 is 0 Å². The highest BCUT2D eigenvalue weighted by Gasteiger charge is 2.38. The summed E-state index contributed by atoms with van der Waals surface area (Å²) in [5, 5.41) is 2.66. The van der Waals surface area contributed by atoms with Crippen LogP contribution in [0.3, 0.4) is 0 Å². The summed E-state index contributed by atoms with van der Waals surface area (Å²) in [6.45, 7) is 7.68. The molecule has 1 heterocycles. The summed E-state index contributed by atoms with van der Waals surface area (Å²) in [4.78, 5) is 53.4. The van der Waals surface area contributed by atoms with Crippen LogP contribution in [0, 0.1) is 5.92 Å². The number of hydrogen-bond acceptors (Lipinski definition) is 6. The maximum atomic E-state index is 13.2. The molecule has 3 rings (SSSR count). The Morgan fingerprint density at radius 3 is 2.27 bits per heavy atom. The van der Waals surface area contributed by atoms with E-state index in [0.717, 1.165) is 23.7 Å². The van der Waals surface area contributed by atoms with Crippen molar-refractivity contribution in [2.75, 3.05) is 12.3 Å². The predicted molar refractivity (Wildman–Crippen MR) is 145 cm³/mol. The van der Waals surface area contributed by atoms with Crippen LogP contribution < -0.4 is 5.32 Å². The maximum Gasteiger partial charge on any atom is 0.329 e. The van der Waals surface area contributed by atoms with E-state index in [0.29, 0.717) is 24.9 Å². The molecule has 0 aromatic heterocycles. The Morgan fingerprint density at radius 2 is 1.65 bits per heavy atom. The lowest BCUT2D eigenvalue weighted by Gasteiger charge is -2.29. The van der Waals surface area contributed by atoms with Crippen molar-refractivity contribution in [2.24, 2.45) is 5.92 Å². The molecule has 2 aromatic rings. The first-order valence-electron chi connectivity index (χ1n) is 12.6. The fourth-order valence-corrected chi connectivity index (χ4v) is 5.08. The number of likely N-dealkylation sites (tertiary alicyclic amines) is 1. The normalized spacial score (nSPS) is 17.1. The molecule has 2 aromatic carbocycles. The van der Waals surface area contributed by atoms with E-state index in [1.54, 1.807) is 56.9 Å². The van der Waals surface area contributed by atoms with Crippen molar-refractivity contribution in [1.29, 1.82) is 0 Å². The quantitative estimate of drug-likeness (QED) is 0.493. The average molecular weight is 525 g/mol. The van der Waals surface area contributed by atoms with Crippen LogP contribution in [0.4, 0.5) is 0 Å². The Balaban J connectivity index is 1.63. The second-order valence-corrected chi connectivity index (χ2v) is 11.4. The van der Waals surface area contributed by atoms with Gasteiger partial charge in [-0.1, -0.05) is 67.2 Å². The molecule has 1 aliphatic rings. The van der Waals surface area contributed by atoms with Crippen LogP contribution in [0.2, 0.25) is 0 Å².